The number of aromatic nitrogens is 1. The molecule has 2 heterocycles. The van der Waals surface area contributed by atoms with E-state index in [1.807, 2.05) is 18.2 Å². The molecule has 2 aromatic rings. The van der Waals surface area contributed by atoms with Crippen LogP contribution >= 0.6 is 11.6 Å². The van der Waals surface area contributed by atoms with E-state index in [4.69, 9.17) is 16.3 Å². The maximum atomic E-state index is 13.5. The van der Waals surface area contributed by atoms with Gasteiger partial charge in [-0.05, 0) is 35.7 Å². The molecule has 114 valence electrons. The quantitative estimate of drug-likeness (QED) is 0.881. The normalized spacial score (nSPS) is 15.1. The first-order valence-electron chi connectivity index (χ1n) is 7.01. The van der Waals surface area contributed by atoms with Crippen LogP contribution in [0, 0.1) is 5.82 Å². The van der Waals surface area contributed by atoms with E-state index < -0.39 is 0 Å². The minimum absolute atomic E-state index is 0.200. The molecule has 4 nitrogen and oxygen atoms in total. The molecule has 0 saturated carbocycles. The second-order valence-electron chi connectivity index (χ2n) is 4.94. The Hall–Kier alpha value is -2.14. The number of halogens is 2. The second-order valence-corrected chi connectivity index (χ2v) is 5.30. The van der Waals surface area contributed by atoms with Crippen molar-refractivity contribution in [2.45, 2.75) is 12.5 Å². The molecule has 1 aromatic heterocycles. The van der Waals surface area contributed by atoms with Crippen LogP contribution in [-0.2, 0) is 11.2 Å². The molecule has 0 aliphatic carbocycles. The molecule has 0 saturated heterocycles. The fraction of sp³-hybridized carbons (Fsp3) is 0.250. The second kappa shape index (κ2) is 6.75. The first-order valence-corrected chi connectivity index (χ1v) is 7.39. The Morgan fingerprint density at radius 3 is 2.95 bits per heavy atom. The number of nitrogens with zero attached hydrogens (tertiary/aromatic N) is 2. The van der Waals surface area contributed by atoms with Crippen molar-refractivity contribution in [3.05, 3.63) is 64.7 Å². The van der Waals surface area contributed by atoms with Gasteiger partial charge in [-0.2, -0.15) is 0 Å². The highest BCUT2D eigenvalue weighted by Gasteiger charge is 2.19. The monoisotopic (exact) mass is 319 g/mol. The largest absolute Gasteiger partial charge is 0.463 e. The van der Waals surface area contributed by atoms with E-state index in [1.165, 1.54) is 12.1 Å². The van der Waals surface area contributed by atoms with Crippen LogP contribution in [-0.4, -0.2) is 24.2 Å². The molecule has 1 atom stereocenters. The molecule has 1 aliphatic heterocycles. The maximum Gasteiger partial charge on any atom is 0.285 e. The minimum atomic E-state index is -0.282. The number of ether oxygens (including phenoxy) is 1. The Labute approximate surface area is 133 Å². The molecule has 1 aliphatic rings. The third-order valence-corrected chi connectivity index (χ3v) is 3.73. The zero-order valence-electron chi connectivity index (χ0n) is 11.8. The standard InChI is InChI=1S/C16H15ClFN3O/c17-15-12(4-2-6-19-15)10-14(21-16-20-7-8-22-16)11-3-1-5-13(18)9-11/h1-6,9,14H,7-8,10H2,(H,20,21). The molecule has 1 aromatic carbocycles. The average Bonchev–Trinajstić information content (AvgIpc) is 3.02. The lowest BCUT2D eigenvalue weighted by Crippen LogP contribution is -2.30. The van der Waals surface area contributed by atoms with Crippen LogP contribution in [0.3, 0.4) is 0 Å². The fourth-order valence-electron chi connectivity index (χ4n) is 2.34. The van der Waals surface area contributed by atoms with E-state index >= 15 is 0 Å². The van der Waals surface area contributed by atoms with Crippen molar-refractivity contribution >= 4 is 17.6 Å². The number of hydrogen-bond acceptors (Lipinski definition) is 4. The van der Waals surface area contributed by atoms with Crippen LogP contribution in [0.2, 0.25) is 5.15 Å². The van der Waals surface area contributed by atoms with Crippen molar-refractivity contribution in [1.29, 1.82) is 0 Å². The number of benzene rings is 1. The summed E-state index contributed by atoms with van der Waals surface area (Å²) in [6.45, 7) is 1.19. The summed E-state index contributed by atoms with van der Waals surface area (Å²) >= 11 is 6.13. The van der Waals surface area contributed by atoms with Crippen LogP contribution < -0.4 is 5.32 Å². The van der Waals surface area contributed by atoms with Gasteiger partial charge in [0.2, 0.25) is 0 Å². The smallest absolute Gasteiger partial charge is 0.285 e. The van der Waals surface area contributed by atoms with E-state index in [1.54, 1.807) is 12.3 Å². The van der Waals surface area contributed by atoms with Crippen molar-refractivity contribution < 1.29 is 9.13 Å². The van der Waals surface area contributed by atoms with Gasteiger partial charge in [-0.1, -0.05) is 29.8 Å². The molecule has 0 radical (unpaired) electrons. The Morgan fingerprint density at radius 1 is 1.32 bits per heavy atom. The first kappa shape index (κ1) is 14.8. The van der Waals surface area contributed by atoms with Crippen LogP contribution in [0.15, 0.2) is 47.6 Å². The summed E-state index contributed by atoms with van der Waals surface area (Å²) in [6, 6.07) is 10.5. The highest BCUT2D eigenvalue weighted by molar-refractivity contribution is 6.30. The molecule has 1 unspecified atom stereocenters. The van der Waals surface area contributed by atoms with Crippen LogP contribution in [0.5, 0.6) is 0 Å². The van der Waals surface area contributed by atoms with Gasteiger partial charge in [0, 0.05) is 6.20 Å². The van der Waals surface area contributed by atoms with Crippen molar-refractivity contribution in [2.75, 3.05) is 13.2 Å². The molecule has 0 bridgehead atoms. The van der Waals surface area contributed by atoms with Gasteiger partial charge < -0.3 is 10.1 Å². The molecule has 0 amide bonds. The van der Waals surface area contributed by atoms with E-state index in [9.17, 15) is 4.39 Å². The Kier molecular flexibility index (Phi) is 4.53. The molecule has 1 N–H and O–H groups in total. The van der Waals surface area contributed by atoms with Crippen molar-refractivity contribution in [2.24, 2.45) is 4.99 Å². The van der Waals surface area contributed by atoms with Gasteiger partial charge in [0.1, 0.15) is 17.6 Å². The first-order chi connectivity index (χ1) is 10.7. The molecular weight excluding hydrogens is 305 g/mol. The summed E-state index contributed by atoms with van der Waals surface area (Å²) in [5.74, 6) is -0.282. The molecule has 22 heavy (non-hydrogen) atoms. The summed E-state index contributed by atoms with van der Waals surface area (Å²) in [5, 5.41) is 3.65. The number of nitrogens with one attached hydrogen (secondary N) is 1. The summed E-state index contributed by atoms with van der Waals surface area (Å²) in [5.41, 5.74) is 1.68. The third kappa shape index (κ3) is 3.54. The zero-order chi connectivity index (χ0) is 15.4. The van der Waals surface area contributed by atoms with Crippen molar-refractivity contribution in [3.8, 4) is 0 Å². The van der Waals surface area contributed by atoms with Crippen molar-refractivity contribution in [3.63, 3.8) is 0 Å². The van der Waals surface area contributed by atoms with Gasteiger partial charge in [-0.3, -0.25) is 0 Å². The molecule has 6 heteroatoms. The average molecular weight is 320 g/mol. The highest BCUT2D eigenvalue weighted by atomic mass is 35.5. The molecule has 0 spiro atoms. The zero-order valence-corrected chi connectivity index (χ0v) is 12.6. The van der Waals surface area contributed by atoms with Gasteiger partial charge in [-0.15, -0.1) is 0 Å². The Balaban J connectivity index is 1.87. The lowest BCUT2D eigenvalue weighted by atomic mass is 10.00. The van der Waals surface area contributed by atoms with E-state index in [-0.39, 0.29) is 11.9 Å². The summed E-state index contributed by atoms with van der Waals surface area (Å²) in [4.78, 5) is 8.31. The van der Waals surface area contributed by atoms with Crippen LogP contribution in [0.25, 0.3) is 0 Å². The number of amidine groups is 1. The lowest BCUT2D eigenvalue weighted by Gasteiger charge is -2.20. The van der Waals surface area contributed by atoms with Gasteiger partial charge in [-0.25, -0.2) is 14.4 Å². The minimum Gasteiger partial charge on any atom is -0.463 e. The highest BCUT2D eigenvalue weighted by Crippen LogP contribution is 2.23. The van der Waals surface area contributed by atoms with Gasteiger partial charge >= 0.3 is 0 Å². The number of hydrogen-bond donors (Lipinski definition) is 1. The van der Waals surface area contributed by atoms with Crippen LogP contribution in [0.1, 0.15) is 17.2 Å². The van der Waals surface area contributed by atoms with Gasteiger partial charge in [0.15, 0.2) is 0 Å². The number of aliphatic imine (C=N–C) groups is 1. The van der Waals surface area contributed by atoms with E-state index in [2.05, 4.69) is 15.3 Å². The summed E-state index contributed by atoms with van der Waals surface area (Å²) in [7, 11) is 0. The number of pyridine rings is 1. The van der Waals surface area contributed by atoms with Crippen molar-refractivity contribution in [1.82, 2.24) is 10.3 Å². The Morgan fingerprint density at radius 2 is 2.23 bits per heavy atom. The van der Waals surface area contributed by atoms with E-state index in [0.717, 1.165) is 11.1 Å². The molecule has 3 rings (SSSR count). The molecule has 0 fully saturated rings. The predicted molar refractivity (Wildman–Crippen MR) is 83.5 cm³/mol. The van der Waals surface area contributed by atoms with Gasteiger partial charge in [0.05, 0.1) is 12.6 Å². The predicted octanol–water partition coefficient (Wildman–Crippen LogP) is 3.13. The van der Waals surface area contributed by atoms with Crippen LogP contribution in [0.4, 0.5) is 4.39 Å². The topological polar surface area (TPSA) is 46.5 Å². The maximum absolute atomic E-state index is 13.5. The van der Waals surface area contributed by atoms with E-state index in [0.29, 0.717) is 30.7 Å². The van der Waals surface area contributed by atoms with Gasteiger partial charge in [0.25, 0.3) is 6.02 Å². The lowest BCUT2D eigenvalue weighted by molar-refractivity contribution is 0.325. The summed E-state index contributed by atoms with van der Waals surface area (Å²) in [6.07, 6.45) is 2.19. The number of rotatable bonds is 4. The molecular formula is C16H15ClFN3O. The fourth-order valence-corrected chi connectivity index (χ4v) is 2.54. The SMILES string of the molecule is Fc1cccc(C(Cc2cccnc2Cl)NC2=NCCO2)c1. The Bertz CT molecular complexity index is 693. The third-order valence-electron chi connectivity index (χ3n) is 3.39. The summed E-state index contributed by atoms with van der Waals surface area (Å²) < 4.78 is 18.9.